The van der Waals surface area contributed by atoms with Crippen molar-refractivity contribution in [2.75, 3.05) is 20.0 Å². The molecule has 0 aromatic heterocycles. The molecule has 148 valence electrons. The second kappa shape index (κ2) is 8.78. The molecule has 1 aliphatic carbocycles. The molecule has 2 aromatic rings. The van der Waals surface area contributed by atoms with Gasteiger partial charge in [-0.05, 0) is 54.2 Å². The van der Waals surface area contributed by atoms with Gasteiger partial charge in [-0.15, -0.1) is 0 Å². The number of amides is 1. The summed E-state index contributed by atoms with van der Waals surface area (Å²) < 4.78 is 10.1. The first-order chi connectivity index (χ1) is 13.5. The molecule has 28 heavy (non-hydrogen) atoms. The number of hydrogen-bond acceptors (Lipinski definition) is 5. The van der Waals surface area contributed by atoms with Gasteiger partial charge < -0.3 is 20.5 Å². The number of nitrogens with two attached hydrogens (primary N) is 1. The van der Waals surface area contributed by atoms with Crippen molar-refractivity contribution in [2.45, 2.75) is 31.7 Å². The minimum atomic E-state index is -0.638. The van der Waals surface area contributed by atoms with Gasteiger partial charge in [-0.3, -0.25) is 4.79 Å². The number of anilines is 1. The Morgan fingerprint density at radius 2 is 1.68 bits per heavy atom. The van der Waals surface area contributed by atoms with Crippen LogP contribution < -0.4 is 15.8 Å². The molecule has 1 unspecified atom stereocenters. The maximum Gasteiger partial charge on any atom is 0.328 e. The fraction of sp³-hybridized carbons (Fsp3) is 0.364. The third-order valence-corrected chi connectivity index (χ3v) is 5.33. The van der Waals surface area contributed by atoms with Crippen molar-refractivity contribution in [1.29, 1.82) is 0 Å². The monoisotopic (exact) mass is 382 g/mol. The van der Waals surface area contributed by atoms with Crippen LogP contribution in [0, 0.1) is 5.92 Å². The largest absolute Gasteiger partial charge is 0.497 e. The van der Waals surface area contributed by atoms with Gasteiger partial charge in [-0.25, -0.2) is 4.79 Å². The second-order valence-electron chi connectivity index (χ2n) is 7.05. The topological polar surface area (TPSA) is 90.6 Å². The highest BCUT2D eigenvalue weighted by molar-refractivity contribution is 6.01. The Balaban J connectivity index is 1.78. The standard InChI is InChI=1S/C22H26N2O4/c1-27-17-10-7-14(8-11-17)16-9-12-18(19(23)13-16)21(25)24-20(22(26)28-2)15-5-3-4-6-15/h7-13,15,20H,3-6,23H2,1-2H3,(H,24,25). The Morgan fingerprint density at radius 3 is 2.25 bits per heavy atom. The lowest BCUT2D eigenvalue weighted by Gasteiger charge is -2.22. The summed E-state index contributed by atoms with van der Waals surface area (Å²) in [6.45, 7) is 0. The van der Waals surface area contributed by atoms with Crippen molar-refractivity contribution in [2.24, 2.45) is 5.92 Å². The van der Waals surface area contributed by atoms with Crippen molar-refractivity contribution >= 4 is 17.6 Å². The van der Waals surface area contributed by atoms with Crippen molar-refractivity contribution in [3.8, 4) is 16.9 Å². The molecule has 6 heteroatoms. The van der Waals surface area contributed by atoms with Gasteiger partial charge >= 0.3 is 5.97 Å². The molecule has 3 rings (SSSR count). The van der Waals surface area contributed by atoms with E-state index in [4.69, 9.17) is 15.2 Å². The summed E-state index contributed by atoms with van der Waals surface area (Å²) >= 11 is 0. The van der Waals surface area contributed by atoms with E-state index in [2.05, 4.69) is 5.32 Å². The fourth-order valence-corrected chi connectivity index (χ4v) is 3.74. The Labute approximate surface area is 165 Å². The van der Waals surface area contributed by atoms with Crippen LogP contribution >= 0.6 is 0 Å². The molecule has 2 aromatic carbocycles. The van der Waals surface area contributed by atoms with E-state index in [1.807, 2.05) is 30.3 Å². The van der Waals surface area contributed by atoms with Crippen molar-refractivity contribution < 1.29 is 19.1 Å². The summed E-state index contributed by atoms with van der Waals surface area (Å²) in [5.74, 6) is 0.111. The van der Waals surface area contributed by atoms with Gasteiger partial charge in [0, 0.05) is 5.69 Å². The smallest absolute Gasteiger partial charge is 0.328 e. The first-order valence-electron chi connectivity index (χ1n) is 9.46. The summed E-state index contributed by atoms with van der Waals surface area (Å²) in [5, 5.41) is 2.83. The summed E-state index contributed by atoms with van der Waals surface area (Å²) in [7, 11) is 2.96. The van der Waals surface area contributed by atoms with Gasteiger partial charge in [-0.1, -0.05) is 31.0 Å². The van der Waals surface area contributed by atoms with Gasteiger partial charge in [-0.2, -0.15) is 0 Å². The average molecular weight is 382 g/mol. The van der Waals surface area contributed by atoms with E-state index in [0.29, 0.717) is 11.3 Å². The molecular weight excluding hydrogens is 356 g/mol. The number of ether oxygens (including phenoxy) is 2. The summed E-state index contributed by atoms with van der Waals surface area (Å²) in [5.41, 5.74) is 8.74. The quantitative estimate of drug-likeness (QED) is 0.590. The Kier molecular flexibility index (Phi) is 6.19. The van der Waals surface area contributed by atoms with Gasteiger partial charge in [0.2, 0.25) is 0 Å². The van der Waals surface area contributed by atoms with Crippen LogP contribution in [0.2, 0.25) is 0 Å². The highest BCUT2D eigenvalue weighted by Gasteiger charge is 2.33. The zero-order valence-electron chi connectivity index (χ0n) is 16.2. The van der Waals surface area contributed by atoms with E-state index in [-0.39, 0.29) is 11.8 Å². The van der Waals surface area contributed by atoms with Crippen LogP contribution in [-0.2, 0) is 9.53 Å². The van der Waals surface area contributed by atoms with Crippen LogP contribution in [0.1, 0.15) is 36.0 Å². The van der Waals surface area contributed by atoms with Gasteiger partial charge in [0.15, 0.2) is 0 Å². The molecule has 0 spiro atoms. The van der Waals surface area contributed by atoms with E-state index >= 15 is 0 Å². The summed E-state index contributed by atoms with van der Waals surface area (Å²) in [6, 6.07) is 12.3. The van der Waals surface area contributed by atoms with Crippen LogP contribution in [0.3, 0.4) is 0 Å². The summed E-state index contributed by atoms with van der Waals surface area (Å²) in [6.07, 6.45) is 3.94. The minimum Gasteiger partial charge on any atom is -0.497 e. The highest BCUT2D eigenvalue weighted by Crippen LogP contribution is 2.29. The number of nitrogens with one attached hydrogen (secondary N) is 1. The number of carbonyl (C=O) groups is 2. The van der Waals surface area contributed by atoms with Gasteiger partial charge in [0.05, 0.1) is 19.8 Å². The molecule has 1 atom stereocenters. The van der Waals surface area contributed by atoms with E-state index in [0.717, 1.165) is 42.6 Å². The van der Waals surface area contributed by atoms with E-state index in [1.54, 1.807) is 19.2 Å². The number of benzene rings is 2. The number of carbonyl (C=O) groups excluding carboxylic acids is 2. The zero-order chi connectivity index (χ0) is 20.1. The molecule has 0 saturated heterocycles. The number of rotatable bonds is 6. The SMILES string of the molecule is COC(=O)C(NC(=O)c1ccc(-c2ccc(OC)cc2)cc1N)C1CCCC1. The first kappa shape index (κ1) is 19.7. The Bertz CT molecular complexity index is 842. The molecule has 1 aliphatic rings. The summed E-state index contributed by atoms with van der Waals surface area (Å²) in [4.78, 5) is 24.9. The molecule has 0 radical (unpaired) electrons. The number of nitrogen functional groups attached to an aromatic ring is 1. The van der Waals surface area contributed by atoms with E-state index in [1.165, 1.54) is 7.11 Å². The number of methoxy groups -OCH3 is 2. The minimum absolute atomic E-state index is 0.108. The lowest BCUT2D eigenvalue weighted by molar-refractivity contribution is -0.144. The normalized spacial score (nSPS) is 15.1. The maximum atomic E-state index is 12.8. The molecule has 0 heterocycles. The molecule has 1 amide bonds. The molecule has 1 saturated carbocycles. The van der Waals surface area contributed by atoms with Crippen molar-refractivity contribution in [3.63, 3.8) is 0 Å². The number of hydrogen-bond donors (Lipinski definition) is 2. The molecular formula is C22H26N2O4. The predicted octanol–water partition coefficient (Wildman–Crippen LogP) is 3.41. The third-order valence-electron chi connectivity index (χ3n) is 5.33. The van der Waals surface area contributed by atoms with Gasteiger partial charge in [0.1, 0.15) is 11.8 Å². The molecule has 0 aliphatic heterocycles. The molecule has 0 bridgehead atoms. The zero-order valence-corrected chi connectivity index (χ0v) is 16.2. The van der Waals surface area contributed by atoms with Crippen LogP contribution in [0.25, 0.3) is 11.1 Å². The molecule has 1 fully saturated rings. The molecule has 6 nitrogen and oxygen atoms in total. The maximum absolute atomic E-state index is 12.8. The van der Waals surface area contributed by atoms with E-state index in [9.17, 15) is 9.59 Å². The van der Waals surface area contributed by atoms with Crippen molar-refractivity contribution in [3.05, 3.63) is 48.0 Å². The lowest BCUT2D eigenvalue weighted by atomic mass is 9.97. The number of esters is 1. The first-order valence-corrected chi connectivity index (χ1v) is 9.46. The lowest BCUT2D eigenvalue weighted by Crippen LogP contribution is -2.46. The van der Waals surface area contributed by atoms with Crippen LogP contribution in [0.5, 0.6) is 5.75 Å². The Morgan fingerprint density at radius 1 is 1.04 bits per heavy atom. The fourth-order valence-electron chi connectivity index (χ4n) is 3.74. The van der Waals surface area contributed by atoms with Crippen LogP contribution in [-0.4, -0.2) is 32.1 Å². The molecule has 3 N–H and O–H groups in total. The van der Waals surface area contributed by atoms with Crippen molar-refractivity contribution in [1.82, 2.24) is 5.32 Å². The van der Waals surface area contributed by atoms with Gasteiger partial charge in [0.25, 0.3) is 5.91 Å². The third kappa shape index (κ3) is 4.27. The predicted molar refractivity (Wildman–Crippen MR) is 108 cm³/mol. The Hall–Kier alpha value is -3.02. The van der Waals surface area contributed by atoms with E-state index < -0.39 is 12.0 Å². The average Bonchev–Trinajstić information content (AvgIpc) is 3.25. The van der Waals surface area contributed by atoms with Crippen LogP contribution in [0.15, 0.2) is 42.5 Å². The van der Waals surface area contributed by atoms with Crippen LogP contribution in [0.4, 0.5) is 5.69 Å². The highest BCUT2D eigenvalue weighted by atomic mass is 16.5. The second-order valence-corrected chi connectivity index (χ2v) is 7.05.